The molecule has 1 heterocycles. The van der Waals surface area contributed by atoms with E-state index in [9.17, 15) is 4.79 Å². The first-order valence-electron chi connectivity index (χ1n) is 5.86. The minimum Gasteiger partial charge on any atom is -0.293 e. The zero-order chi connectivity index (χ0) is 11.4. The van der Waals surface area contributed by atoms with Gasteiger partial charge in [0.2, 0.25) is 0 Å². The van der Waals surface area contributed by atoms with Gasteiger partial charge < -0.3 is 0 Å². The van der Waals surface area contributed by atoms with Gasteiger partial charge in [0.25, 0.3) is 5.91 Å². The van der Waals surface area contributed by atoms with Crippen LogP contribution in [0.4, 0.5) is 0 Å². The molecule has 0 aliphatic carbocycles. The molecule has 0 bridgehead atoms. The van der Waals surface area contributed by atoms with E-state index in [4.69, 9.17) is 5.84 Å². The number of amides is 1. The van der Waals surface area contributed by atoms with Gasteiger partial charge in [0, 0.05) is 6.04 Å². The maximum atomic E-state index is 11.6. The highest BCUT2D eigenvalue weighted by Gasteiger charge is 2.31. The number of hydrazine groups is 1. The van der Waals surface area contributed by atoms with Crippen LogP contribution in [-0.4, -0.2) is 29.4 Å². The molecule has 1 aliphatic rings. The van der Waals surface area contributed by atoms with Gasteiger partial charge >= 0.3 is 0 Å². The number of likely N-dealkylation sites (tertiary alicyclic amines) is 1. The van der Waals surface area contributed by atoms with Crippen LogP contribution >= 0.6 is 0 Å². The second-order valence-corrected chi connectivity index (χ2v) is 4.65. The first kappa shape index (κ1) is 12.5. The highest BCUT2D eigenvalue weighted by Crippen LogP contribution is 2.24. The van der Waals surface area contributed by atoms with Crippen LogP contribution in [0.1, 0.15) is 40.0 Å². The summed E-state index contributed by atoms with van der Waals surface area (Å²) in [5, 5.41) is 0. The smallest absolute Gasteiger partial charge is 0.251 e. The lowest BCUT2D eigenvalue weighted by molar-refractivity contribution is -0.128. The van der Waals surface area contributed by atoms with E-state index < -0.39 is 0 Å². The molecule has 3 unspecified atom stereocenters. The molecule has 0 aromatic carbocycles. The number of hydrogen-bond acceptors (Lipinski definition) is 3. The second-order valence-electron chi connectivity index (χ2n) is 4.65. The lowest BCUT2D eigenvalue weighted by Gasteiger charge is -2.40. The molecule has 4 nitrogen and oxygen atoms in total. The number of nitrogens with one attached hydrogen (secondary N) is 1. The van der Waals surface area contributed by atoms with E-state index in [0.717, 1.165) is 18.9 Å². The first-order chi connectivity index (χ1) is 7.10. The predicted molar refractivity (Wildman–Crippen MR) is 61.0 cm³/mol. The summed E-state index contributed by atoms with van der Waals surface area (Å²) in [7, 11) is 0. The van der Waals surface area contributed by atoms with E-state index >= 15 is 0 Å². The minimum atomic E-state index is -0.0579. The van der Waals surface area contributed by atoms with E-state index in [1.54, 1.807) is 0 Å². The number of nitrogens with two attached hydrogens (primary N) is 1. The maximum Gasteiger partial charge on any atom is 0.251 e. The van der Waals surface area contributed by atoms with Crippen LogP contribution in [0.15, 0.2) is 0 Å². The summed E-state index contributed by atoms with van der Waals surface area (Å²) < 4.78 is 0. The number of hydrogen-bond donors (Lipinski definition) is 2. The zero-order valence-electron chi connectivity index (χ0n) is 9.99. The summed E-state index contributed by atoms with van der Waals surface area (Å²) in [4.78, 5) is 13.9. The highest BCUT2D eigenvalue weighted by molar-refractivity contribution is 5.81. The maximum absolute atomic E-state index is 11.6. The number of rotatable bonds is 3. The molecule has 1 rings (SSSR count). The third kappa shape index (κ3) is 2.92. The predicted octanol–water partition coefficient (Wildman–Crippen LogP) is 0.875. The third-order valence-electron chi connectivity index (χ3n) is 3.42. The molecule has 0 saturated carbocycles. The number of carbonyl (C=O) groups excluding carboxylic acids is 1. The van der Waals surface area contributed by atoms with Crippen LogP contribution < -0.4 is 11.3 Å². The van der Waals surface area contributed by atoms with Crippen molar-refractivity contribution in [2.24, 2.45) is 11.8 Å². The van der Waals surface area contributed by atoms with E-state index in [1.807, 2.05) is 6.92 Å². The fourth-order valence-corrected chi connectivity index (χ4v) is 2.56. The van der Waals surface area contributed by atoms with Crippen molar-refractivity contribution in [1.29, 1.82) is 0 Å². The average molecular weight is 213 g/mol. The van der Waals surface area contributed by atoms with Crippen LogP contribution in [0.5, 0.6) is 0 Å². The molecular weight excluding hydrogens is 190 g/mol. The Morgan fingerprint density at radius 3 is 2.73 bits per heavy atom. The van der Waals surface area contributed by atoms with Gasteiger partial charge in [-0.3, -0.25) is 15.1 Å². The minimum absolute atomic E-state index is 0.0566. The fraction of sp³-hybridized carbons (Fsp3) is 0.909. The summed E-state index contributed by atoms with van der Waals surface area (Å²) >= 11 is 0. The van der Waals surface area contributed by atoms with Crippen LogP contribution in [0.2, 0.25) is 0 Å². The second kappa shape index (κ2) is 5.47. The van der Waals surface area contributed by atoms with Crippen molar-refractivity contribution < 1.29 is 4.79 Å². The number of nitrogens with zero attached hydrogens (tertiary/aromatic N) is 1. The average Bonchev–Trinajstić information content (AvgIpc) is 2.21. The summed E-state index contributed by atoms with van der Waals surface area (Å²) in [6.07, 6.45) is 3.18. The summed E-state index contributed by atoms with van der Waals surface area (Å²) in [5.74, 6) is 5.92. The molecular formula is C11H23N3O. The molecule has 88 valence electrons. The Balaban J connectivity index is 2.63. The molecule has 3 atom stereocenters. The SMILES string of the molecule is CCC(C(=O)NN)N1CCC(C)CC1C. The molecule has 0 spiro atoms. The van der Waals surface area contributed by atoms with Gasteiger partial charge in [0.1, 0.15) is 0 Å². The number of piperidine rings is 1. The molecule has 0 aromatic heterocycles. The van der Waals surface area contributed by atoms with E-state index in [0.29, 0.717) is 6.04 Å². The normalized spacial score (nSPS) is 29.9. The lowest BCUT2D eigenvalue weighted by Crippen LogP contribution is -2.54. The molecule has 15 heavy (non-hydrogen) atoms. The summed E-state index contributed by atoms with van der Waals surface area (Å²) in [5.41, 5.74) is 2.26. The Hall–Kier alpha value is -0.610. The molecule has 3 N–H and O–H groups in total. The topological polar surface area (TPSA) is 58.4 Å². The largest absolute Gasteiger partial charge is 0.293 e. The van der Waals surface area contributed by atoms with Crippen molar-refractivity contribution in [3.8, 4) is 0 Å². The summed E-state index contributed by atoms with van der Waals surface area (Å²) in [6.45, 7) is 7.51. The molecule has 1 fully saturated rings. The van der Waals surface area contributed by atoms with Crippen molar-refractivity contribution >= 4 is 5.91 Å². The molecule has 1 aliphatic heterocycles. The van der Waals surface area contributed by atoms with Crippen LogP contribution in [0.25, 0.3) is 0 Å². The van der Waals surface area contributed by atoms with Crippen molar-refractivity contribution in [3.63, 3.8) is 0 Å². The van der Waals surface area contributed by atoms with Gasteiger partial charge in [-0.25, -0.2) is 5.84 Å². The standard InChI is InChI=1S/C11H23N3O/c1-4-10(11(15)13-12)14-6-5-8(2)7-9(14)3/h8-10H,4-7,12H2,1-3H3,(H,13,15). The molecule has 0 radical (unpaired) electrons. The van der Waals surface area contributed by atoms with Gasteiger partial charge in [0.05, 0.1) is 6.04 Å². The quantitative estimate of drug-likeness (QED) is 0.415. The Morgan fingerprint density at radius 2 is 2.27 bits per heavy atom. The van der Waals surface area contributed by atoms with Crippen molar-refractivity contribution in [2.45, 2.75) is 52.1 Å². The van der Waals surface area contributed by atoms with E-state index in [2.05, 4.69) is 24.2 Å². The van der Waals surface area contributed by atoms with Crippen molar-refractivity contribution in [3.05, 3.63) is 0 Å². The van der Waals surface area contributed by atoms with E-state index in [-0.39, 0.29) is 11.9 Å². The molecule has 4 heteroatoms. The first-order valence-corrected chi connectivity index (χ1v) is 5.86. The fourth-order valence-electron chi connectivity index (χ4n) is 2.56. The molecule has 1 saturated heterocycles. The Kier molecular flexibility index (Phi) is 4.54. The van der Waals surface area contributed by atoms with Gasteiger partial charge in [-0.05, 0) is 38.6 Å². The molecule has 1 amide bonds. The Labute approximate surface area is 92.2 Å². The van der Waals surface area contributed by atoms with Crippen molar-refractivity contribution in [2.75, 3.05) is 6.54 Å². The zero-order valence-corrected chi connectivity index (χ0v) is 9.99. The Morgan fingerprint density at radius 1 is 1.60 bits per heavy atom. The van der Waals surface area contributed by atoms with Crippen LogP contribution in [-0.2, 0) is 4.79 Å². The highest BCUT2D eigenvalue weighted by atomic mass is 16.2. The molecule has 0 aromatic rings. The summed E-state index contributed by atoms with van der Waals surface area (Å²) in [6, 6.07) is 0.425. The van der Waals surface area contributed by atoms with Gasteiger partial charge in [-0.1, -0.05) is 13.8 Å². The van der Waals surface area contributed by atoms with Gasteiger partial charge in [0.15, 0.2) is 0 Å². The van der Waals surface area contributed by atoms with Crippen molar-refractivity contribution in [1.82, 2.24) is 10.3 Å². The van der Waals surface area contributed by atoms with E-state index in [1.165, 1.54) is 12.8 Å². The Bertz CT molecular complexity index is 220. The van der Waals surface area contributed by atoms with Gasteiger partial charge in [-0.2, -0.15) is 0 Å². The lowest BCUT2D eigenvalue weighted by atomic mass is 9.91. The van der Waals surface area contributed by atoms with Gasteiger partial charge in [-0.15, -0.1) is 0 Å². The van der Waals surface area contributed by atoms with Crippen LogP contribution in [0, 0.1) is 5.92 Å². The number of carbonyl (C=O) groups is 1. The monoisotopic (exact) mass is 213 g/mol. The van der Waals surface area contributed by atoms with Crippen LogP contribution in [0.3, 0.4) is 0 Å². The third-order valence-corrected chi connectivity index (χ3v) is 3.42.